The molecule has 0 saturated heterocycles. The summed E-state index contributed by atoms with van der Waals surface area (Å²) in [5, 5.41) is 36.4. The Hall–Kier alpha value is -4.78. The second-order valence-corrected chi connectivity index (χ2v) is 7.53. The van der Waals surface area contributed by atoms with Gasteiger partial charge < -0.3 is 11.1 Å². The molecule has 3 N–H and O–H groups in total. The maximum absolute atomic E-state index is 9.19. The van der Waals surface area contributed by atoms with E-state index in [1.807, 2.05) is 54.6 Å². The third-order valence-corrected chi connectivity index (χ3v) is 5.51. The molecule has 0 atom stereocenters. The predicted molar refractivity (Wildman–Crippen MR) is 123 cm³/mol. The topological polar surface area (TPSA) is 140 Å². The van der Waals surface area contributed by atoms with E-state index in [2.05, 4.69) is 15.4 Å². The number of hydrogen-bond donors (Lipinski definition) is 2. The van der Waals surface area contributed by atoms with Crippen LogP contribution in [0.2, 0.25) is 0 Å². The Kier molecular flexibility index (Phi) is 5.72. The van der Waals surface area contributed by atoms with E-state index in [0.29, 0.717) is 11.3 Å². The first-order chi connectivity index (χ1) is 15.6. The molecule has 0 radical (unpaired) electrons. The van der Waals surface area contributed by atoms with E-state index >= 15 is 0 Å². The molecule has 3 aromatic carbocycles. The van der Waals surface area contributed by atoms with E-state index in [4.69, 9.17) is 16.3 Å². The molecule has 0 aliphatic rings. The van der Waals surface area contributed by atoms with Crippen molar-refractivity contribution in [2.75, 3.05) is 11.1 Å². The van der Waals surface area contributed by atoms with Gasteiger partial charge in [0.25, 0.3) is 0 Å². The van der Waals surface area contributed by atoms with Gasteiger partial charge in [0.1, 0.15) is 12.1 Å². The van der Waals surface area contributed by atoms with Crippen molar-refractivity contribution in [2.45, 2.75) is 4.90 Å². The SMILES string of the molecule is N#C/C=C/c1ccc2c(Sn3nc(Nc4ccc(C#N)c(C#N)c4)nc3N)cccc2c1. The number of nitrogens with two attached hydrogens (primary N) is 1. The maximum atomic E-state index is 9.19. The molecule has 0 saturated carbocycles. The summed E-state index contributed by atoms with van der Waals surface area (Å²) in [6.07, 6.45) is 3.20. The highest BCUT2D eigenvalue weighted by Gasteiger charge is 2.12. The van der Waals surface area contributed by atoms with E-state index in [-0.39, 0.29) is 17.5 Å². The highest BCUT2D eigenvalue weighted by molar-refractivity contribution is 7.98. The largest absolute Gasteiger partial charge is 0.367 e. The molecule has 8 nitrogen and oxygen atoms in total. The zero-order valence-electron chi connectivity index (χ0n) is 16.5. The minimum Gasteiger partial charge on any atom is -0.367 e. The van der Waals surface area contributed by atoms with Crippen molar-refractivity contribution in [1.82, 2.24) is 14.2 Å². The van der Waals surface area contributed by atoms with Gasteiger partial charge in [0, 0.05) is 28.6 Å². The third-order valence-electron chi connectivity index (χ3n) is 4.52. The lowest BCUT2D eigenvalue weighted by Crippen LogP contribution is -1.98. The number of nitriles is 3. The Morgan fingerprint density at radius 1 is 1.00 bits per heavy atom. The average molecular weight is 434 g/mol. The van der Waals surface area contributed by atoms with Gasteiger partial charge in [-0.25, -0.2) is 0 Å². The summed E-state index contributed by atoms with van der Waals surface area (Å²) in [4.78, 5) is 5.17. The van der Waals surface area contributed by atoms with Crippen LogP contribution < -0.4 is 11.1 Å². The van der Waals surface area contributed by atoms with Crippen LogP contribution in [-0.4, -0.2) is 14.2 Å². The summed E-state index contributed by atoms with van der Waals surface area (Å²) in [6, 6.07) is 22.6. The lowest BCUT2D eigenvalue weighted by Gasteiger charge is -2.07. The fourth-order valence-corrected chi connectivity index (χ4v) is 3.92. The van der Waals surface area contributed by atoms with Crippen LogP contribution in [0, 0.1) is 34.0 Å². The monoisotopic (exact) mass is 434 g/mol. The van der Waals surface area contributed by atoms with E-state index in [0.717, 1.165) is 21.2 Å². The van der Waals surface area contributed by atoms with Crippen LogP contribution in [-0.2, 0) is 0 Å². The summed E-state index contributed by atoms with van der Waals surface area (Å²) in [5.41, 5.74) is 8.14. The van der Waals surface area contributed by atoms with Crippen molar-refractivity contribution in [3.8, 4) is 18.2 Å². The summed E-state index contributed by atoms with van der Waals surface area (Å²) < 4.78 is 1.51. The van der Waals surface area contributed by atoms with Crippen LogP contribution in [0.25, 0.3) is 16.8 Å². The number of nitrogens with one attached hydrogen (secondary N) is 1. The van der Waals surface area contributed by atoms with Crippen LogP contribution in [0.4, 0.5) is 17.6 Å². The zero-order chi connectivity index (χ0) is 22.5. The van der Waals surface area contributed by atoms with Gasteiger partial charge in [-0.1, -0.05) is 24.3 Å². The number of nitrogen functional groups attached to an aromatic ring is 1. The quantitative estimate of drug-likeness (QED) is 0.435. The number of fused-ring (bicyclic) bond motifs is 1. The van der Waals surface area contributed by atoms with Gasteiger partial charge in [-0.15, -0.1) is 5.10 Å². The second kappa shape index (κ2) is 8.93. The molecule has 4 rings (SSSR count). The van der Waals surface area contributed by atoms with Gasteiger partial charge in [-0.05, 0) is 52.7 Å². The van der Waals surface area contributed by atoms with Crippen molar-refractivity contribution in [2.24, 2.45) is 0 Å². The third kappa shape index (κ3) is 4.22. The Balaban J connectivity index is 1.60. The Morgan fingerprint density at radius 3 is 2.62 bits per heavy atom. The molecular formula is C23H14N8S. The number of benzene rings is 3. The minimum absolute atomic E-state index is 0.206. The Bertz CT molecular complexity index is 1480. The van der Waals surface area contributed by atoms with Crippen LogP contribution in [0.15, 0.2) is 65.6 Å². The molecule has 0 bridgehead atoms. The summed E-state index contributed by atoms with van der Waals surface area (Å²) in [6.45, 7) is 0. The fraction of sp³-hybridized carbons (Fsp3) is 0. The van der Waals surface area contributed by atoms with Gasteiger partial charge in [-0.2, -0.15) is 24.9 Å². The molecule has 0 unspecified atom stereocenters. The van der Waals surface area contributed by atoms with Gasteiger partial charge in [0.15, 0.2) is 0 Å². The Labute approximate surface area is 188 Å². The molecule has 0 spiro atoms. The van der Waals surface area contributed by atoms with Crippen molar-refractivity contribution in [1.29, 1.82) is 15.8 Å². The van der Waals surface area contributed by atoms with Crippen LogP contribution in [0.3, 0.4) is 0 Å². The number of allylic oxidation sites excluding steroid dienone is 1. The molecule has 9 heteroatoms. The van der Waals surface area contributed by atoms with Gasteiger partial charge >= 0.3 is 0 Å². The van der Waals surface area contributed by atoms with Crippen molar-refractivity contribution >= 4 is 46.4 Å². The molecule has 0 fully saturated rings. The van der Waals surface area contributed by atoms with E-state index < -0.39 is 0 Å². The normalized spacial score (nSPS) is 10.5. The van der Waals surface area contributed by atoms with Gasteiger partial charge in [-0.3, -0.25) is 0 Å². The van der Waals surface area contributed by atoms with Crippen LogP contribution >= 0.6 is 11.9 Å². The fourth-order valence-electron chi connectivity index (χ4n) is 3.05. The number of nitrogens with zero attached hydrogens (tertiary/aromatic N) is 6. The standard InChI is InChI=1S/C23H14N8S/c24-10-2-3-15-6-9-20-16(11-15)4-1-5-21(20)32-31-22(27)29-23(30-31)28-19-8-7-17(13-25)18(12-19)14-26/h1-9,11-12H,(H3,27,28,29,30)/b3-2+. The second-order valence-electron chi connectivity index (χ2n) is 6.57. The smallest absolute Gasteiger partial charge is 0.249 e. The predicted octanol–water partition coefficient (Wildman–Crippen LogP) is 4.59. The first kappa shape index (κ1) is 20.5. The Morgan fingerprint density at radius 2 is 1.84 bits per heavy atom. The highest BCUT2D eigenvalue weighted by atomic mass is 32.2. The highest BCUT2D eigenvalue weighted by Crippen LogP contribution is 2.31. The molecule has 4 aromatic rings. The lowest BCUT2D eigenvalue weighted by molar-refractivity contribution is 1.02. The average Bonchev–Trinajstić information content (AvgIpc) is 3.15. The maximum Gasteiger partial charge on any atom is 0.249 e. The van der Waals surface area contributed by atoms with Gasteiger partial charge in [0.2, 0.25) is 11.9 Å². The van der Waals surface area contributed by atoms with Gasteiger partial charge in [0.05, 0.1) is 17.2 Å². The number of aromatic nitrogens is 3. The lowest BCUT2D eigenvalue weighted by atomic mass is 10.1. The van der Waals surface area contributed by atoms with Crippen molar-refractivity contribution in [3.63, 3.8) is 0 Å². The molecular weight excluding hydrogens is 420 g/mol. The zero-order valence-corrected chi connectivity index (χ0v) is 17.3. The van der Waals surface area contributed by atoms with E-state index in [1.54, 1.807) is 24.3 Å². The number of anilines is 3. The molecule has 0 aliphatic carbocycles. The van der Waals surface area contributed by atoms with Crippen molar-refractivity contribution in [3.05, 3.63) is 77.4 Å². The number of rotatable bonds is 5. The summed E-state index contributed by atoms with van der Waals surface area (Å²) in [7, 11) is 0. The molecule has 1 heterocycles. The first-order valence-electron chi connectivity index (χ1n) is 9.32. The first-order valence-corrected chi connectivity index (χ1v) is 10.1. The molecule has 0 aliphatic heterocycles. The summed E-state index contributed by atoms with van der Waals surface area (Å²) in [5.74, 6) is 0.477. The summed E-state index contributed by atoms with van der Waals surface area (Å²) >= 11 is 1.32. The minimum atomic E-state index is 0.206. The van der Waals surface area contributed by atoms with E-state index in [1.165, 1.54) is 22.1 Å². The van der Waals surface area contributed by atoms with Crippen LogP contribution in [0.1, 0.15) is 16.7 Å². The van der Waals surface area contributed by atoms with E-state index in [9.17, 15) is 5.26 Å². The number of hydrogen-bond acceptors (Lipinski definition) is 8. The molecule has 32 heavy (non-hydrogen) atoms. The van der Waals surface area contributed by atoms with Crippen LogP contribution in [0.5, 0.6) is 0 Å². The molecule has 0 amide bonds. The molecule has 1 aromatic heterocycles. The van der Waals surface area contributed by atoms with Crippen molar-refractivity contribution < 1.29 is 0 Å². The molecule has 152 valence electrons.